The zero-order chi connectivity index (χ0) is 29.9. The number of amides is 2. The van der Waals surface area contributed by atoms with Crippen LogP contribution in [0.2, 0.25) is 0 Å². The first kappa shape index (κ1) is 29.1. The summed E-state index contributed by atoms with van der Waals surface area (Å²) in [4.78, 5) is 53.5. The van der Waals surface area contributed by atoms with E-state index in [0.29, 0.717) is 29.5 Å². The molecule has 0 saturated carbocycles. The maximum absolute atomic E-state index is 12.3. The van der Waals surface area contributed by atoms with Crippen molar-refractivity contribution in [1.82, 2.24) is 5.06 Å². The molecule has 2 amide bonds. The molecule has 1 saturated heterocycles. The van der Waals surface area contributed by atoms with Crippen molar-refractivity contribution in [1.29, 1.82) is 5.26 Å². The average Bonchev–Trinajstić information content (AvgIpc) is 3.24. The number of rotatable bonds is 9. The van der Waals surface area contributed by atoms with Crippen molar-refractivity contribution in [2.75, 3.05) is 18.6 Å². The maximum atomic E-state index is 12.3. The van der Waals surface area contributed by atoms with E-state index in [1.54, 1.807) is 0 Å². The third-order valence-electron chi connectivity index (χ3n) is 7.22. The van der Waals surface area contributed by atoms with Crippen LogP contribution in [0.4, 0.5) is 22.7 Å². The van der Waals surface area contributed by atoms with Crippen molar-refractivity contribution in [3.8, 4) is 11.8 Å². The van der Waals surface area contributed by atoms with Gasteiger partial charge >= 0.3 is 5.97 Å². The van der Waals surface area contributed by atoms with Crippen LogP contribution in [0.25, 0.3) is 0 Å². The molecule has 13 nitrogen and oxygen atoms in total. The number of hydrogen-bond acceptors (Lipinski definition) is 11. The molecule has 2 aliphatic heterocycles. The van der Waals surface area contributed by atoms with Gasteiger partial charge in [0.1, 0.15) is 23.2 Å². The van der Waals surface area contributed by atoms with E-state index in [0.717, 1.165) is 23.7 Å². The van der Waals surface area contributed by atoms with Crippen LogP contribution < -0.4 is 9.64 Å². The lowest BCUT2D eigenvalue weighted by atomic mass is 9.79. The second kappa shape index (κ2) is 11.7. The number of nitrogens with zero attached hydrogens (tertiary/aromatic N) is 6. The number of carbonyl (C=O) groups excluding carboxylic acids is 3. The van der Waals surface area contributed by atoms with E-state index in [1.807, 2.05) is 18.2 Å². The van der Waals surface area contributed by atoms with Gasteiger partial charge in [-0.15, -0.1) is 15.3 Å². The number of fused-ring (bicyclic) bond motifs is 1. The van der Waals surface area contributed by atoms with Crippen molar-refractivity contribution >= 4 is 40.5 Å². The number of anilines is 1. The summed E-state index contributed by atoms with van der Waals surface area (Å²) in [5.41, 5.74) is 2.09. The van der Waals surface area contributed by atoms with Crippen LogP contribution in [-0.2, 0) is 19.2 Å². The minimum Gasteiger partial charge on any atom is -0.494 e. The summed E-state index contributed by atoms with van der Waals surface area (Å²) in [6, 6.07) is 9.44. The first-order valence-corrected chi connectivity index (χ1v) is 13.1. The third-order valence-corrected chi connectivity index (χ3v) is 7.22. The Bertz CT molecular complexity index is 1460. The quantitative estimate of drug-likeness (QED) is 0.169. The zero-order valence-electron chi connectivity index (χ0n) is 23.2. The van der Waals surface area contributed by atoms with Gasteiger partial charge in [-0.25, -0.2) is 4.79 Å². The van der Waals surface area contributed by atoms with Crippen LogP contribution in [0.3, 0.4) is 0 Å². The third kappa shape index (κ3) is 6.16. The van der Waals surface area contributed by atoms with Crippen LogP contribution in [0, 0.1) is 21.4 Å². The van der Waals surface area contributed by atoms with Crippen molar-refractivity contribution in [2.24, 2.45) is 10.2 Å². The Hall–Kier alpha value is -4.86. The van der Waals surface area contributed by atoms with Crippen LogP contribution in [0.15, 0.2) is 40.6 Å². The second-order valence-electron chi connectivity index (χ2n) is 10.6. The van der Waals surface area contributed by atoms with Crippen LogP contribution in [0.5, 0.6) is 5.75 Å². The lowest BCUT2D eigenvalue weighted by Crippen LogP contribution is -2.49. The summed E-state index contributed by atoms with van der Waals surface area (Å²) in [6.45, 7) is 6.84. The van der Waals surface area contributed by atoms with Crippen LogP contribution in [-0.4, -0.2) is 47.0 Å². The van der Waals surface area contributed by atoms with E-state index in [2.05, 4.69) is 35.9 Å². The minimum atomic E-state index is -0.645. The molecule has 214 valence electrons. The number of hydroxylamine groups is 2. The van der Waals surface area contributed by atoms with Crippen LogP contribution in [0.1, 0.15) is 69.9 Å². The normalized spacial score (nSPS) is 17.9. The Labute approximate surface area is 236 Å². The van der Waals surface area contributed by atoms with E-state index in [9.17, 15) is 29.8 Å². The molecule has 4 rings (SSSR count). The summed E-state index contributed by atoms with van der Waals surface area (Å²) in [5, 5.41) is 29.5. The summed E-state index contributed by atoms with van der Waals surface area (Å²) < 4.78 is 5.62. The standard InChI is InChI=1S/C28H30N6O7/c1-17-15-28(2,3)32(11-5-6-27(37)41-33-25(35)9-10-26(33)36)23-14-24(40-4)22(13-20(17)23)31-30-21-8-7-19(34(38)39)12-18(21)16-29/h7-8,12-14,17H,5-6,9-11,15H2,1-4H3. The van der Waals surface area contributed by atoms with Crippen molar-refractivity contribution in [2.45, 2.75) is 64.3 Å². The number of ether oxygens (including phenoxy) is 1. The highest BCUT2D eigenvalue weighted by Crippen LogP contribution is 2.48. The Balaban J connectivity index is 1.56. The number of non-ortho nitro benzene ring substituents is 1. The number of methoxy groups -OCH3 is 1. The SMILES string of the molecule is COc1cc2c(cc1N=Nc1ccc([N+](=O)[O-])cc1C#N)C(C)CC(C)(C)N2CCCC(=O)ON1C(=O)CCC1=O. The highest BCUT2D eigenvalue weighted by Gasteiger charge is 2.37. The molecule has 1 unspecified atom stereocenters. The van der Waals surface area contributed by atoms with Gasteiger partial charge in [-0.2, -0.15) is 5.26 Å². The number of azo groups is 1. The van der Waals surface area contributed by atoms with Crippen LogP contribution >= 0.6 is 0 Å². The lowest BCUT2D eigenvalue weighted by Gasteiger charge is -2.47. The van der Waals surface area contributed by atoms with Crippen molar-refractivity contribution in [3.63, 3.8) is 0 Å². The topological polar surface area (TPSA) is 168 Å². The second-order valence-corrected chi connectivity index (χ2v) is 10.6. The smallest absolute Gasteiger partial charge is 0.333 e. The molecule has 2 aromatic carbocycles. The Morgan fingerprint density at radius 3 is 2.49 bits per heavy atom. The summed E-state index contributed by atoms with van der Waals surface area (Å²) in [6.07, 6.45) is 1.34. The molecule has 1 fully saturated rings. The molecular formula is C28H30N6O7. The van der Waals surface area contributed by atoms with E-state index >= 15 is 0 Å². The number of nitriles is 1. The van der Waals surface area contributed by atoms with E-state index < -0.39 is 22.7 Å². The van der Waals surface area contributed by atoms with Gasteiger partial charge in [-0.05, 0) is 50.3 Å². The van der Waals surface area contributed by atoms with Gasteiger partial charge in [0.25, 0.3) is 17.5 Å². The molecule has 2 aliphatic rings. The molecule has 0 spiro atoms. The van der Waals surface area contributed by atoms with E-state index in [1.165, 1.54) is 19.2 Å². The summed E-state index contributed by atoms with van der Waals surface area (Å²) in [7, 11) is 1.51. The van der Waals surface area contributed by atoms with Gasteiger partial charge in [0, 0.05) is 55.2 Å². The molecule has 41 heavy (non-hydrogen) atoms. The average molecular weight is 563 g/mol. The number of nitro groups is 1. The Morgan fingerprint density at radius 1 is 1.17 bits per heavy atom. The molecule has 0 aromatic heterocycles. The molecule has 0 aliphatic carbocycles. The van der Waals surface area contributed by atoms with E-state index in [4.69, 9.17) is 9.57 Å². The Kier molecular flexibility index (Phi) is 8.32. The predicted octanol–water partition coefficient (Wildman–Crippen LogP) is 5.37. The number of nitro benzene ring substituents is 1. The van der Waals surface area contributed by atoms with Gasteiger partial charge in [0.2, 0.25) is 0 Å². The molecular weight excluding hydrogens is 532 g/mol. The molecule has 2 heterocycles. The fourth-order valence-corrected chi connectivity index (χ4v) is 5.27. The highest BCUT2D eigenvalue weighted by molar-refractivity contribution is 6.01. The molecule has 13 heteroatoms. The fourth-order valence-electron chi connectivity index (χ4n) is 5.27. The van der Waals surface area contributed by atoms with Crippen molar-refractivity contribution < 1.29 is 28.9 Å². The maximum Gasteiger partial charge on any atom is 0.333 e. The highest BCUT2D eigenvalue weighted by atomic mass is 16.7. The number of hydrogen-bond donors (Lipinski definition) is 0. The van der Waals surface area contributed by atoms with Gasteiger partial charge < -0.3 is 14.5 Å². The minimum absolute atomic E-state index is 0.0222. The number of benzene rings is 2. The van der Waals surface area contributed by atoms with Gasteiger partial charge in [0.05, 0.1) is 17.6 Å². The van der Waals surface area contributed by atoms with Gasteiger partial charge in [0.15, 0.2) is 0 Å². The first-order chi connectivity index (χ1) is 19.4. The first-order valence-electron chi connectivity index (χ1n) is 13.1. The molecule has 0 bridgehead atoms. The van der Waals surface area contributed by atoms with E-state index in [-0.39, 0.29) is 47.7 Å². The molecule has 1 atom stereocenters. The zero-order valence-corrected chi connectivity index (χ0v) is 23.2. The molecule has 2 aromatic rings. The molecule has 0 N–H and O–H groups in total. The molecule has 0 radical (unpaired) electrons. The predicted molar refractivity (Wildman–Crippen MR) is 146 cm³/mol. The number of imide groups is 1. The van der Waals surface area contributed by atoms with Crippen molar-refractivity contribution in [3.05, 3.63) is 51.6 Å². The number of carbonyl (C=O) groups is 3. The monoisotopic (exact) mass is 562 g/mol. The summed E-state index contributed by atoms with van der Waals surface area (Å²) in [5.74, 6) is -1.08. The largest absolute Gasteiger partial charge is 0.494 e. The summed E-state index contributed by atoms with van der Waals surface area (Å²) >= 11 is 0. The van der Waals surface area contributed by atoms with Gasteiger partial charge in [-0.1, -0.05) is 6.92 Å². The van der Waals surface area contributed by atoms with Gasteiger partial charge in [-0.3, -0.25) is 19.7 Å². The lowest BCUT2D eigenvalue weighted by molar-refractivity contribution is -0.384. The Morgan fingerprint density at radius 2 is 1.85 bits per heavy atom. The fraction of sp³-hybridized carbons (Fsp3) is 0.429.